The standard InChI is InChI=1S/C21H31N3O5S/c1-4-24-18-6-5-17(14-19(18)29-21(24)26)30(27,28)23-11-8-16(9-12-23)13-20(25)22-10-7-15(2)3/h5-6,14-16H,4,7-13H2,1-3H3,(H,22,25). The molecule has 1 aliphatic heterocycles. The van der Waals surface area contributed by atoms with Crippen molar-refractivity contribution in [3.8, 4) is 0 Å². The Balaban J connectivity index is 1.61. The van der Waals surface area contributed by atoms with Crippen molar-refractivity contribution >= 4 is 27.0 Å². The predicted octanol–water partition coefficient (Wildman–Crippen LogP) is 2.57. The summed E-state index contributed by atoms with van der Waals surface area (Å²) in [5.74, 6) is 0.286. The molecule has 1 aliphatic rings. The van der Waals surface area contributed by atoms with Crippen LogP contribution in [0.3, 0.4) is 0 Å². The minimum absolute atomic E-state index is 0.0397. The summed E-state index contributed by atoms with van der Waals surface area (Å²) in [5, 5.41) is 2.95. The minimum Gasteiger partial charge on any atom is -0.408 e. The van der Waals surface area contributed by atoms with E-state index in [4.69, 9.17) is 4.42 Å². The molecule has 30 heavy (non-hydrogen) atoms. The molecular weight excluding hydrogens is 406 g/mol. The number of aryl methyl sites for hydroxylation is 1. The lowest BCUT2D eigenvalue weighted by molar-refractivity contribution is -0.122. The van der Waals surface area contributed by atoms with Crippen molar-refractivity contribution in [3.05, 3.63) is 28.7 Å². The zero-order valence-electron chi connectivity index (χ0n) is 17.9. The predicted molar refractivity (Wildman–Crippen MR) is 115 cm³/mol. The average molecular weight is 438 g/mol. The third-order valence-corrected chi connectivity index (χ3v) is 7.58. The molecule has 1 N–H and O–H groups in total. The van der Waals surface area contributed by atoms with Crippen LogP contribution in [0.4, 0.5) is 0 Å². The van der Waals surface area contributed by atoms with Gasteiger partial charge in [0.05, 0.1) is 10.4 Å². The zero-order chi connectivity index (χ0) is 21.9. The van der Waals surface area contributed by atoms with Crippen LogP contribution in [-0.2, 0) is 21.4 Å². The molecule has 0 atom stereocenters. The largest absolute Gasteiger partial charge is 0.419 e. The molecule has 0 spiro atoms. The van der Waals surface area contributed by atoms with Gasteiger partial charge < -0.3 is 9.73 Å². The fraction of sp³-hybridized carbons (Fsp3) is 0.619. The molecule has 2 heterocycles. The molecule has 0 saturated carbocycles. The van der Waals surface area contributed by atoms with E-state index in [1.807, 2.05) is 6.92 Å². The number of carbonyl (C=O) groups excluding carboxylic acids is 1. The van der Waals surface area contributed by atoms with Crippen LogP contribution in [0.25, 0.3) is 11.1 Å². The fourth-order valence-electron chi connectivity index (χ4n) is 3.84. The molecule has 166 valence electrons. The Morgan fingerprint density at radius 2 is 1.97 bits per heavy atom. The number of sulfonamides is 1. The molecule has 0 unspecified atom stereocenters. The summed E-state index contributed by atoms with van der Waals surface area (Å²) >= 11 is 0. The van der Waals surface area contributed by atoms with E-state index >= 15 is 0 Å². The van der Waals surface area contributed by atoms with Gasteiger partial charge in [0, 0.05) is 38.7 Å². The first-order chi connectivity index (χ1) is 14.2. The molecule has 1 aromatic heterocycles. The van der Waals surface area contributed by atoms with Gasteiger partial charge in [-0.2, -0.15) is 4.31 Å². The highest BCUT2D eigenvalue weighted by molar-refractivity contribution is 7.89. The molecular formula is C21H31N3O5S. The maximum absolute atomic E-state index is 13.0. The molecule has 2 aromatic rings. The molecule has 0 radical (unpaired) electrons. The highest BCUT2D eigenvalue weighted by atomic mass is 32.2. The van der Waals surface area contributed by atoms with Crippen molar-refractivity contribution in [2.24, 2.45) is 11.8 Å². The SMILES string of the molecule is CCn1c(=O)oc2cc(S(=O)(=O)N3CCC(CC(=O)NCCC(C)C)CC3)ccc21. The van der Waals surface area contributed by atoms with Crippen molar-refractivity contribution in [1.82, 2.24) is 14.2 Å². The van der Waals surface area contributed by atoms with Crippen molar-refractivity contribution in [2.75, 3.05) is 19.6 Å². The van der Waals surface area contributed by atoms with Crippen LogP contribution in [-0.4, -0.2) is 42.8 Å². The van der Waals surface area contributed by atoms with Crippen molar-refractivity contribution in [2.45, 2.75) is 57.9 Å². The summed E-state index contributed by atoms with van der Waals surface area (Å²) in [6, 6.07) is 4.56. The van der Waals surface area contributed by atoms with E-state index in [9.17, 15) is 18.0 Å². The van der Waals surface area contributed by atoms with Crippen LogP contribution in [0.1, 0.15) is 46.5 Å². The van der Waals surface area contributed by atoms with Crippen LogP contribution in [0.2, 0.25) is 0 Å². The molecule has 1 fully saturated rings. The van der Waals surface area contributed by atoms with E-state index in [2.05, 4.69) is 19.2 Å². The van der Waals surface area contributed by atoms with Crippen LogP contribution >= 0.6 is 0 Å². The summed E-state index contributed by atoms with van der Waals surface area (Å²) in [4.78, 5) is 24.1. The van der Waals surface area contributed by atoms with Crippen LogP contribution in [0, 0.1) is 11.8 Å². The fourth-order valence-corrected chi connectivity index (χ4v) is 5.33. The third kappa shape index (κ3) is 4.95. The Bertz CT molecular complexity index is 1050. The zero-order valence-corrected chi connectivity index (χ0v) is 18.7. The van der Waals surface area contributed by atoms with E-state index in [1.54, 1.807) is 6.07 Å². The number of nitrogens with one attached hydrogen (secondary N) is 1. The minimum atomic E-state index is -3.68. The van der Waals surface area contributed by atoms with Gasteiger partial charge in [-0.3, -0.25) is 9.36 Å². The highest BCUT2D eigenvalue weighted by Crippen LogP contribution is 2.27. The van der Waals surface area contributed by atoms with Gasteiger partial charge in [0.2, 0.25) is 15.9 Å². The van der Waals surface area contributed by atoms with Crippen LogP contribution in [0.15, 0.2) is 32.3 Å². The lowest BCUT2D eigenvalue weighted by atomic mass is 9.94. The van der Waals surface area contributed by atoms with Crippen molar-refractivity contribution < 1.29 is 17.6 Å². The second-order valence-corrected chi connectivity index (χ2v) is 10.3. The average Bonchev–Trinajstić information content (AvgIpc) is 3.02. The molecule has 3 rings (SSSR count). The van der Waals surface area contributed by atoms with E-state index < -0.39 is 15.8 Å². The monoisotopic (exact) mass is 437 g/mol. The summed E-state index contributed by atoms with van der Waals surface area (Å²) in [5.41, 5.74) is 0.861. The first-order valence-corrected chi connectivity index (χ1v) is 12.1. The van der Waals surface area contributed by atoms with Gasteiger partial charge >= 0.3 is 5.76 Å². The number of fused-ring (bicyclic) bond motifs is 1. The maximum Gasteiger partial charge on any atom is 0.419 e. The first kappa shape index (κ1) is 22.6. The number of aromatic nitrogens is 1. The van der Waals surface area contributed by atoms with Gasteiger partial charge in [0.15, 0.2) is 5.58 Å². The third-order valence-electron chi connectivity index (χ3n) is 5.69. The van der Waals surface area contributed by atoms with Crippen molar-refractivity contribution in [1.29, 1.82) is 0 Å². The Labute approximate surface area is 177 Å². The van der Waals surface area contributed by atoms with Gasteiger partial charge in [-0.05, 0) is 50.2 Å². The first-order valence-electron chi connectivity index (χ1n) is 10.6. The number of nitrogens with zero attached hydrogens (tertiary/aromatic N) is 2. The highest BCUT2D eigenvalue weighted by Gasteiger charge is 2.30. The number of rotatable bonds is 8. The lowest BCUT2D eigenvalue weighted by Crippen LogP contribution is -2.39. The quantitative estimate of drug-likeness (QED) is 0.684. The van der Waals surface area contributed by atoms with Crippen molar-refractivity contribution in [3.63, 3.8) is 0 Å². The molecule has 0 bridgehead atoms. The van der Waals surface area contributed by atoms with Gasteiger partial charge in [0.25, 0.3) is 0 Å². The lowest BCUT2D eigenvalue weighted by Gasteiger charge is -2.31. The molecule has 1 aromatic carbocycles. The van der Waals surface area contributed by atoms with Gasteiger partial charge in [-0.1, -0.05) is 13.8 Å². The Morgan fingerprint density at radius 1 is 1.27 bits per heavy atom. The number of piperidine rings is 1. The van der Waals surface area contributed by atoms with Gasteiger partial charge in [-0.25, -0.2) is 13.2 Å². The maximum atomic E-state index is 13.0. The Kier molecular flexibility index (Phi) is 7.02. The second kappa shape index (κ2) is 9.34. The normalized spacial score (nSPS) is 16.4. The molecule has 9 heteroatoms. The summed E-state index contributed by atoms with van der Waals surface area (Å²) in [7, 11) is -3.68. The van der Waals surface area contributed by atoms with E-state index in [1.165, 1.54) is 21.0 Å². The van der Waals surface area contributed by atoms with E-state index in [-0.39, 0.29) is 22.3 Å². The van der Waals surface area contributed by atoms with Gasteiger partial charge in [-0.15, -0.1) is 0 Å². The second-order valence-electron chi connectivity index (χ2n) is 8.33. The smallest absolute Gasteiger partial charge is 0.408 e. The number of carbonyl (C=O) groups is 1. The van der Waals surface area contributed by atoms with Crippen LogP contribution in [0.5, 0.6) is 0 Å². The van der Waals surface area contributed by atoms with E-state index in [0.29, 0.717) is 56.9 Å². The van der Waals surface area contributed by atoms with Gasteiger partial charge in [0.1, 0.15) is 0 Å². The molecule has 1 saturated heterocycles. The Morgan fingerprint density at radius 3 is 2.60 bits per heavy atom. The molecule has 0 aliphatic carbocycles. The van der Waals surface area contributed by atoms with E-state index in [0.717, 1.165) is 6.42 Å². The number of oxazole rings is 1. The molecule has 1 amide bonds. The summed E-state index contributed by atoms with van der Waals surface area (Å²) in [6.45, 7) is 7.96. The Hall–Kier alpha value is -2.13. The van der Waals surface area contributed by atoms with Crippen LogP contribution < -0.4 is 11.1 Å². The number of hydrogen-bond donors (Lipinski definition) is 1. The number of amides is 1. The summed E-state index contributed by atoms with van der Waals surface area (Å²) in [6.07, 6.45) is 2.70. The number of benzene rings is 1. The molecule has 8 nitrogen and oxygen atoms in total. The number of hydrogen-bond acceptors (Lipinski definition) is 5. The summed E-state index contributed by atoms with van der Waals surface area (Å²) < 4.78 is 34.2. The topological polar surface area (TPSA) is 102 Å².